The number of allylic oxidation sites excluding steroid dienone is 1. The largest absolute Gasteiger partial charge is 0.340 e. The second-order valence-corrected chi connectivity index (χ2v) is 7.30. The zero-order chi connectivity index (χ0) is 19.3. The number of hydrogen-bond acceptors (Lipinski definition) is 5. The van der Waals surface area contributed by atoms with Gasteiger partial charge in [-0.3, -0.25) is 19.2 Å². The van der Waals surface area contributed by atoms with Crippen LogP contribution in [0.1, 0.15) is 24.8 Å². The fourth-order valence-electron chi connectivity index (χ4n) is 3.95. The van der Waals surface area contributed by atoms with Crippen molar-refractivity contribution in [3.8, 4) is 0 Å². The van der Waals surface area contributed by atoms with Gasteiger partial charge in [-0.25, -0.2) is 4.98 Å². The van der Waals surface area contributed by atoms with Crippen LogP contribution in [-0.4, -0.2) is 69.0 Å². The van der Waals surface area contributed by atoms with E-state index in [0.29, 0.717) is 25.1 Å². The first-order chi connectivity index (χ1) is 13.7. The molecule has 0 unspecified atom stereocenters. The van der Waals surface area contributed by atoms with Crippen molar-refractivity contribution >= 4 is 17.3 Å². The summed E-state index contributed by atoms with van der Waals surface area (Å²) in [6.45, 7) is 4.80. The minimum atomic E-state index is 0.0645. The number of benzene rings is 1. The summed E-state index contributed by atoms with van der Waals surface area (Å²) in [5, 5.41) is 4.12. The average molecular weight is 379 g/mol. The van der Waals surface area contributed by atoms with E-state index in [1.807, 2.05) is 39.9 Å². The first-order valence-corrected chi connectivity index (χ1v) is 9.84. The smallest absolute Gasteiger partial charge is 0.227 e. The fourth-order valence-corrected chi connectivity index (χ4v) is 3.95. The number of rotatable bonds is 6. The Morgan fingerprint density at radius 2 is 1.79 bits per heavy atom. The maximum atomic E-state index is 12.8. The molecule has 0 bridgehead atoms. The van der Waals surface area contributed by atoms with Gasteiger partial charge in [-0.05, 0) is 17.6 Å². The minimum absolute atomic E-state index is 0.0645. The molecule has 7 heteroatoms. The number of hydrogen-bond donors (Lipinski definition) is 0. The van der Waals surface area contributed by atoms with Crippen LogP contribution < -0.4 is 0 Å². The average Bonchev–Trinajstić information content (AvgIpc) is 3.38. The molecule has 1 aromatic heterocycles. The van der Waals surface area contributed by atoms with Crippen LogP contribution in [-0.2, 0) is 16.1 Å². The van der Waals surface area contributed by atoms with Crippen molar-refractivity contribution in [1.29, 1.82) is 0 Å². The first-order valence-electron chi connectivity index (χ1n) is 9.84. The third-order valence-electron chi connectivity index (χ3n) is 5.59. The second kappa shape index (κ2) is 8.48. The van der Waals surface area contributed by atoms with Gasteiger partial charge in [0.25, 0.3) is 0 Å². The van der Waals surface area contributed by atoms with E-state index in [1.165, 1.54) is 0 Å². The van der Waals surface area contributed by atoms with Gasteiger partial charge in [0.15, 0.2) is 5.78 Å². The van der Waals surface area contributed by atoms with Crippen LogP contribution in [0.5, 0.6) is 0 Å². The molecule has 1 amide bonds. The lowest BCUT2D eigenvalue weighted by Gasteiger charge is -2.34. The maximum Gasteiger partial charge on any atom is 0.227 e. The first kappa shape index (κ1) is 18.6. The molecular weight excluding hydrogens is 354 g/mol. The molecule has 0 atom stereocenters. The molecule has 1 aliphatic carbocycles. The van der Waals surface area contributed by atoms with Gasteiger partial charge < -0.3 is 4.90 Å². The number of aromatic nitrogens is 3. The molecule has 28 heavy (non-hydrogen) atoms. The highest BCUT2D eigenvalue weighted by atomic mass is 16.2. The van der Waals surface area contributed by atoms with Crippen LogP contribution in [0.25, 0.3) is 5.57 Å². The zero-order valence-electron chi connectivity index (χ0n) is 16.0. The third-order valence-corrected chi connectivity index (χ3v) is 5.59. The molecule has 2 aliphatic rings. The van der Waals surface area contributed by atoms with E-state index in [0.717, 1.165) is 43.7 Å². The molecule has 2 heterocycles. The Balaban J connectivity index is 1.33. The molecule has 1 aromatic carbocycles. The molecule has 0 N–H and O–H groups in total. The molecule has 7 nitrogen and oxygen atoms in total. The molecule has 0 saturated carbocycles. The summed E-state index contributed by atoms with van der Waals surface area (Å²) in [4.78, 5) is 33.4. The van der Waals surface area contributed by atoms with E-state index in [4.69, 9.17) is 0 Å². The highest BCUT2D eigenvalue weighted by Gasteiger charge is 2.28. The van der Waals surface area contributed by atoms with Gasteiger partial charge in [0.1, 0.15) is 12.7 Å². The topological polar surface area (TPSA) is 71.3 Å². The Morgan fingerprint density at radius 1 is 1.00 bits per heavy atom. The lowest BCUT2D eigenvalue weighted by atomic mass is 9.99. The van der Waals surface area contributed by atoms with E-state index in [-0.39, 0.29) is 18.1 Å². The Morgan fingerprint density at radius 3 is 2.50 bits per heavy atom. The van der Waals surface area contributed by atoms with Gasteiger partial charge in [-0.15, -0.1) is 0 Å². The Kier molecular flexibility index (Phi) is 5.62. The van der Waals surface area contributed by atoms with Gasteiger partial charge >= 0.3 is 0 Å². The van der Waals surface area contributed by atoms with Crippen molar-refractivity contribution in [3.63, 3.8) is 0 Å². The van der Waals surface area contributed by atoms with Crippen molar-refractivity contribution < 1.29 is 9.59 Å². The van der Waals surface area contributed by atoms with E-state index in [1.54, 1.807) is 12.7 Å². The number of amides is 1. The third kappa shape index (κ3) is 4.20. The predicted molar refractivity (Wildman–Crippen MR) is 105 cm³/mol. The molecular formula is C21H25N5O2. The zero-order valence-corrected chi connectivity index (χ0v) is 16.0. The maximum absolute atomic E-state index is 12.8. The number of Topliss-reactive ketones (excluding diaryl/α,β-unsaturated/α-hetero) is 1. The lowest BCUT2D eigenvalue weighted by molar-refractivity contribution is -0.133. The molecule has 1 aliphatic heterocycles. The molecule has 146 valence electrons. The van der Waals surface area contributed by atoms with Crippen LogP contribution in [0.2, 0.25) is 0 Å². The van der Waals surface area contributed by atoms with Crippen LogP contribution in [0.15, 0.2) is 48.6 Å². The van der Waals surface area contributed by atoms with E-state index < -0.39 is 0 Å². The summed E-state index contributed by atoms with van der Waals surface area (Å²) in [6, 6.07) is 9.96. The van der Waals surface area contributed by atoms with Crippen molar-refractivity contribution in [2.24, 2.45) is 0 Å². The number of nitrogens with zero attached hydrogens (tertiary/aromatic N) is 5. The second-order valence-electron chi connectivity index (χ2n) is 7.30. The van der Waals surface area contributed by atoms with Crippen molar-refractivity contribution in [2.75, 3.05) is 32.7 Å². The van der Waals surface area contributed by atoms with E-state index >= 15 is 0 Å². The number of ketones is 1. The van der Waals surface area contributed by atoms with Gasteiger partial charge in [0, 0.05) is 44.7 Å². The van der Waals surface area contributed by atoms with Crippen LogP contribution in [0.3, 0.4) is 0 Å². The highest BCUT2D eigenvalue weighted by Crippen LogP contribution is 2.33. The summed E-state index contributed by atoms with van der Waals surface area (Å²) in [5.74, 6) is 0.188. The molecule has 1 fully saturated rings. The molecule has 0 spiro atoms. The summed E-state index contributed by atoms with van der Waals surface area (Å²) in [6.07, 6.45) is 4.74. The van der Waals surface area contributed by atoms with Crippen molar-refractivity contribution in [3.05, 3.63) is 54.1 Å². The van der Waals surface area contributed by atoms with E-state index in [9.17, 15) is 9.59 Å². The predicted octanol–water partition coefficient (Wildman–Crippen LogP) is 1.63. The van der Waals surface area contributed by atoms with Gasteiger partial charge in [-0.2, -0.15) is 5.10 Å². The number of carbonyl (C=O) groups excluding carboxylic acids is 2. The molecule has 0 radical (unpaired) electrons. The molecule has 1 saturated heterocycles. The summed E-state index contributed by atoms with van der Waals surface area (Å²) in [5.41, 5.74) is 2.82. The van der Waals surface area contributed by atoms with Crippen molar-refractivity contribution in [1.82, 2.24) is 24.6 Å². The van der Waals surface area contributed by atoms with E-state index in [2.05, 4.69) is 15.0 Å². The Bertz CT molecular complexity index is 852. The Labute approximate surface area is 164 Å². The SMILES string of the molecule is O=C1CCC(c2ccccc2)=C1CC(=O)N1CCN(CCn2cncn2)CC1. The van der Waals surface area contributed by atoms with Gasteiger partial charge in [0.05, 0.1) is 13.0 Å². The lowest BCUT2D eigenvalue weighted by Crippen LogP contribution is -2.49. The van der Waals surface area contributed by atoms with Gasteiger partial charge in [0.2, 0.25) is 5.91 Å². The van der Waals surface area contributed by atoms with Crippen LogP contribution in [0, 0.1) is 0 Å². The minimum Gasteiger partial charge on any atom is -0.340 e. The summed E-state index contributed by atoms with van der Waals surface area (Å²) in [7, 11) is 0. The van der Waals surface area contributed by atoms with Crippen molar-refractivity contribution in [2.45, 2.75) is 25.8 Å². The Hall–Kier alpha value is -2.80. The summed E-state index contributed by atoms with van der Waals surface area (Å²) >= 11 is 0. The number of carbonyl (C=O) groups is 2. The van der Waals surface area contributed by atoms with Crippen LogP contribution in [0.4, 0.5) is 0 Å². The van der Waals surface area contributed by atoms with Crippen LogP contribution >= 0.6 is 0 Å². The monoisotopic (exact) mass is 379 g/mol. The standard InChI is InChI=1S/C21H25N5O2/c27-20-7-6-18(17-4-2-1-3-5-17)19(20)14-21(28)25-11-8-24(9-12-25)10-13-26-16-22-15-23-26/h1-5,15-16H,6-14H2. The normalized spacial score (nSPS) is 18.1. The quantitative estimate of drug-likeness (QED) is 0.763. The van der Waals surface area contributed by atoms with Gasteiger partial charge in [-0.1, -0.05) is 30.3 Å². The molecule has 2 aromatic rings. The molecule has 4 rings (SSSR count). The fraction of sp³-hybridized carbons (Fsp3) is 0.429. The summed E-state index contributed by atoms with van der Waals surface area (Å²) < 4.78 is 1.82. The highest BCUT2D eigenvalue weighted by molar-refractivity contribution is 6.10. The number of piperazine rings is 1.